The van der Waals surface area contributed by atoms with Crippen LogP contribution in [0.2, 0.25) is 0 Å². The maximum atomic E-state index is 11.7. The molecule has 0 bridgehead atoms. The summed E-state index contributed by atoms with van der Waals surface area (Å²) in [5.74, 6) is 0.880. The van der Waals surface area contributed by atoms with Gasteiger partial charge in [-0.2, -0.15) is 0 Å². The van der Waals surface area contributed by atoms with Crippen molar-refractivity contribution in [1.29, 1.82) is 0 Å². The maximum Gasteiger partial charge on any atom is 0.223 e. The van der Waals surface area contributed by atoms with E-state index in [1.165, 1.54) is 0 Å². The average Bonchev–Trinajstić information content (AvgIpc) is 2.64. The first-order valence-electron chi connectivity index (χ1n) is 5.50. The average molecular weight is 225 g/mol. The lowest BCUT2D eigenvalue weighted by Gasteiger charge is -2.15. The second-order valence-corrected chi connectivity index (χ2v) is 3.78. The number of aryl methyl sites for hydroxylation is 1. The van der Waals surface area contributed by atoms with E-state index in [0.717, 1.165) is 24.5 Å². The predicted molar refractivity (Wildman–Crippen MR) is 60.9 cm³/mol. The Morgan fingerprint density at radius 1 is 1.62 bits per heavy atom. The molecule has 0 aliphatic carbocycles. The third-order valence-corrected chi connectivity index (χ3v) is 2.27. The molecule has 0 saturated heterocycles. The van der Waals surface area contributed by atoms with Gasteiger partial charge in [0.2, 0.25) is 5.91 Å². The van der Waals surface area contributed by atoms with Crippen LogP contribution in [0, 0.1) is 6.92 Å². The number of hydrogen-bond donors (Lipinski definition) is 1. The Morgan fingerprint density at radius 3 is 2.94 bits per heavy atom. The zero-order valence-corrected chi connectivity index (χ0v) is 10.1. The molecule has 0 atom stereocenters. The van der Waals surface area contributed by atoms with Gasteiger partial charge >= 0.3 is 0 Å². The molecular weight excluding hydrogens is 206 g/mol. The predicted octanol–water partition coefficient (Wildman–Crippen LogP) is 0.941. The molecule has 0 saturated carbocycles. The van der Waals surface area contributed by atoms with Crippen LogP contribution in [0.15, 0.2) is 10.6 Å². The lowest BCUT2D eigenvalue weighted by atomic mass is 10.3. The lowest BCUT2D eigenvalue weighted by molar-refractivity contribution is -0.130. The molecule has 0 unspecified atom stereocenters. The molecule has 0 aliphatic heterocycles. The van der Waals surface area contributed by atoms with Gasteiger partial charge in [0.15, 0.2) is 0 Å². The Hall–Kier alpha value is -1.36. The Bertz CT molecular complexity index is 336. The minimum Gasteiger partial charge on any atom is -0.361 e. The SMILES string of the molecule is CCNCCC(=O)N(C)Cc1cc(C)on1. The topological polar surface area (TPSA) is 58.4 Å². The van der Waals surface area contributed by atoms with E-state index >= 15 is 0 Å². The molecule has 1 aromatic heterocycles. The summed E-state index contributed by atoms with van der Waals surface area (Å²) in [4.78, 5) is 13.3. The van der Waals surface area contributed by atoms with Crippen LogP contribution >= 0.6 is 0 Å². The molecule has 1 N–H and O–H groups in total. The van der Waals surface area contributed by atoms with Crippen molar-refractivity contribution in [3.8, 4) is 0 Å². The maximum absolute atomic E-state index is 11.7. The summed E-state index contributed by atoms with van der Waals surface area (Å²) in [6, 6.07) is 1.84. The van der Waals surface area contributed by atoms with E-state index in [9.17, 15) is 4.79 Å². The van der Waals surface area contributed by atoms with E-state index in [1.807, 2.05) is 19.9 Å². The van der Waals surface area contributed by atoms with Crippen molar-refractivity contribution in [2.75, 3.05) is 20.1 Å². The van der Waals surface area contributed by atoms with Gasteiger partial charge in [-0.25, -0.2) is 0 Å². The van der Waals surface area contributed by atoms with E-state index < -0.39 is 0 Å². The van der Waals surface area contributed by atoms with Gasteiger partial charge < -0.3 is 14.7 Å². The molecule has 1 rings (SSSR count). The van der Waals surface area contributed by atoms with Crippen LogP contribution < -0.4 is 5.32 Å². The normalized spacial score (nSPS) is 10.4. The summed E-state index contributed by atoms with van der Waals surface area (Å²) in [6.45, 7) is 5.97. The summed E-state index contributed by atoms with van der Waals surface area (Å²) in [5.41, 5.74) is 0.789. The summed E-state index contributed by atoms with van der Waals surface area (Å²) >= 11 is 0. The van der Waals surface area contributed by atoms with Crippen molar-refractivity contribution in [3.63, 3.8) is 0 Å². The molecule has 0 radical (unpaired) electrons. The lowest BCUT2D eigenvalue weighted by Crippen LogP contribution is -2.29. The van der Waals surface area contributed by atoms with Crippen molar-refractivity contribution in [3.05, 3.63) is 17.5 Å². The molecule has 0 spiro atoms. The first-order chi connectivity index (χ1) is 7.63. The Balaban J connectivity index is 2.34. The van der Waals surface area contributed by atoms with Gasteiger partial charge in [0.25, 0.3) is 0 Å². The molecule has 90 valence electrons. The smallest absolute Gasteiger partial charge is 0.223 e. The van der Waals surface area contributed by atoms with Gasteiger partial charge in [-0.15, -0.1) is 0 Å². The van der Waals surface area contributed by atoms with E-state index in [1.54, 1.807) is 11.9 Å². The van der Waals surface area contributed by atoms with Crippen LogP contribution in [-0.4, -0.2) is 36.1 Å². The van der Waals surface area contributed by atoms with Gasteiger partial charge in [0.1, 0.15) is 11.5 Å². The van der Waals surface area contributed by atoms with E-state index in [0.29, 0.717) is 13.0 Å². The van der Waals surface area contributed by atoms with Crippen molar-refractivity contribution >= 4 is 5.91 Å². The highest BCUT2D eigenvalue weighted by Crippen LogP contribution is 2.05. The second-order valence-electron chi connectivity index (χ2n) is 3.78. The van der Waals surface area contributed by atoms with Crippen molar-refractivity contribution in [1.82, 2.24) is 15.4 Å². The number of rotatable bonds is 6. The minimum atomic E-state index is 0.113. The highest BCUT2D eigenvalue weighted by Gasteiger charge is 2.10. The van der Waals surface area contributed by atoms with Crippen molar-refractivity contribution in [2.24, 2.45) is 0 Å². The fourth-order valence-electron chi connectivity index (χ4n) is 1.39. The van der Waals surface area contributed by atoms with Crippen molar-refractivity contribution in [2.45, 2.75) is 26.8 Å². The van der Waals surface area contributed by atoms with Gasteiger partial charge in [0.05, 0.1) is 6.54 Å². The summed E-state index contributed by atoms with van der Waals surface area (Å²) in [6.07, 6.45) is 0.515. The number of amides is 1. The second kappa shape index (κ2) is 6.27. The summed E-state index contributed by atoms with van der Waals surface area (Å²) in [7, 11) is 1.78. The third-order valence-electron chi connectivity index (χ3n) is 2.27. The monoisotopic (exact) mass is 225 g/mol. The van der Waals surface area contributed by atoms with Gasteiger partial charge in [-0.05, 0) is 13.5 Å². The zero-order valence-electron chi connectivity index (χ0n) is 10.1. The molecule has 1 amide bonds. The number of nitrogens with zero attached hydrogens (tertiary/aromatic N) is 2. The number of carbonyl (C=O) groups is 1. The Kier molecular flexibility index (Phi) is 4.98. The number of nitrogens with one attached hydrogen (secondary N) is 1. The number of hydrogen-bond acceptors (Lipinski definition) is 4. The summed E-state index contributed by atoms with van der Waals surface area (Å²) in [5, 5.41) is 6.97. The first kappa shape index (κ1) is 12.7. The highest BCUT2D eigenvalue weighted by molar-refractivity contribution is 5.75. The van der Waals surface area contributed by atoms with Crippen LogP contribution in [0.3, 0.4) is 0 Å². The van der Waals surface area contributed by atoms with E-state index in [4.69, 9.17) is 4.52 Å². The zero-order chi connectivity index (χ0) is 12.0. The fourth-order valence-corrected chi connectivity index (χ4v) is 1.39. The van der Waals surface area contributed by atoms with Crippen LogP contribution in [0.5, 0.6) is 0 Å². The summed E-state index contributed by atoms with van der Waals surface area (Å²) < 4.78 is 4.94. The molecule has 1 heterocycles. The van der Waals surface area contributed by atoms with Gasteiger partial charge in [-0.1, -0.05) is 12.1 Å². The third kappa shape index (κ3) is 4.02. The van der Waals surface area contributed by atoms with Crippen LogP contribution in [-0.2, 0) is 11.3 Å². The van der Waals surface area contributed by atoms with Crippen LogP contribution in [0.1, 0.15) is 24.8 Å². The molecule has 5 heteroatoms. The van der Waals surface area contributed by atoms with E-state index in [-0.39, 0.29) is 5.91 Å². The van der Waals surface area contributed by atoms with Crippen molar-refractivity contribution < 1.29 is 9.32 Å². The quantitative estimate of drug-likeness (QED) is 0.732. The number of aromatic nitrogens is 1. The molecule has 0 fully saturated rings. The largest absolute Gasteiger partial charge is 0.361 e. The molecule has 0 aliphatic rings. The van der Waals surface area contributed by atoms with Crippen LogP contribution in [0.4, 0.5) is 0 Å². The fraction of sp³-hybridized carbons (Fsp3) is 0.636. The van der Waals surface area contributed by atoms with Gasteiger partial charge in [-0.3, -0.25) is 4.79 Å². The molecule has 1 aromatic rings. The van der Waals surface area contributed by atoms with E-state index in [2.05, 4.69) is 10.5 Å². The molecular formula is C11H19N3O2. The highest BCUT2D eigenvalue weighted by atomic mass is 16.5. The molecule has 5 nitrogen and oxygen atoms in total. The van der Waals surface area contributed by atoms with Gasteiger partial charge in [0, 0.05) is 26.1 Å². The molecule has 0 aromatic carbocycles. The number of carbonyl (C=O) groups excluding carboxylic acids is 1. The first-order valence-corrected chi connectivity index (χ1v) is 5.50. The molecule has 16 heavy (non-hydrogen) atoms. The minimum absolute atomic E-state index is 0.113. The van der Waals surface area contributed by atoms with Crippen LogP contribution in [0.25, 0.3) is 0 Å². The Morgan fingerprint density at radius 2 is 2.38 bits per heavy atom. The Labute approximate surface area is 95.8 Å². The standard InChI is InChI=1S/C11H19N3O2/c1-4-12-6-5-11(15)14(3)8-10-7-9(2)16-13-10/h7,12H,4-6,8H2,1-3H3.